The fraction of sp³-hybridized carbons (Fsp3) is 0.800. The van der Waals surface area contributed by atoms with Gasteiger partial charge >= 0.3 is 11.9 Å². The Morgan fingerprint density at radius 1 is 0.920 bits per heavy atom. The first-order valence-corrected chi connectivity index (χ1v) is 10.9. The Kier molecular flexibility index (Phi) is 7.31. The van der Waals surface area contributed by atoms with Crippen molar-refractivity contribution in [1.82, 2.24) is 0 Å². The molecule has 0 aliphatic carbocycles. The second-order valence-corrected chi connectivity index (χ2v) is 16.0. The van der Waals surface area contributed by atoms with Crippen LogP contribution in [0, 0.1) is 0 Å². The van der Waals surface area contributed by atoms with E-state index in [0.29, 0.717) is 6.42 Å². The van der Waals surface area contributed by atoms with Crippen LogP contribution in [0.2, 0.25) is 15.1 Å². The number of esters is 1. The van der Waals surface area contributed by atoms with Crippen LogP contribution < -0.4 is 0 Å². The van der Waals surface area contributed by atoms with Gasteiger partial charge in [-0.05, 0) is 28.5 Å². The average molecular weight is 371 g/mol. The molecule has 0 aromatic carbocycles. The highest BCUT2D eigenvalue weighted by atomic mass is 28.4. The summed E-state index contributed by atoms with van der Waals surface area (Å²) in [4.78, 5) is 24.8. The van der Waals surface area contributed by atoms with Gasteiger partial charge in [0.05, 0.1) is 0 Å². The highest BCUT2D eigenvalue weighted by Crippen LogP contribution is 2.62. The van der Waals surface area contributed by atoms with Gasteiger partial charge in [0.1, 0.15) is 0 Å². The van der Waals surface area contributed by atoms with Crippen LogP contribution in [0.3, 0.4) is 0 Å². The van der Waals surface area contributed by atoms with Crippen LogP contribution in [0.4, 0.5) is 0 Å². The second-order valence-electron chi connectivity index (χ2n) is 9.93. The zero-order valence-electron chi connectivity index (χ0n) is 18.1. The monoisotopic (exact) mass is 370 g/mol. The molecule has 0 saturated heterocycles. The van der Waals surface area contributed by atoms with E-state index in [-0.39, 0.29) is 20.7 Å². The second kappa shape index (κ2) is 7.64. The molecule has 0 radical (unpaired) electrons. The molecule has 5 heteroatoms. The van der Waals surface area contributed by atoms with Crippen molar-refractivity contribution in [3.8, 4) is 0 Å². The lowest BCUT2D eigenvalue weighted by Crippen LogP contribution is -2.62. The molecule has 1 atom stereocenters. The lowest BCUT2D eigenvalue weighted by Gasteiger charge is -2.56. The molecule has 1 unspecified atom stereocenters. The Bertz CT molecular complexity index is 479. The van der Waals surface area contributed by atoms with Gasteiger partial charge in [-0.2, -0.15) is 0 Å². The fourth-order valence-electron chi connectivity index (χ4n) is 4.58. The van der Waals surface area contributed by atoms with E-state index in [1.54, 1.807) is 6.92 Å². The van der Waals surface area contributed by atoms with Crippen molar-refractivity contribution in [3.05, 3.63) is 12.2 Å². The number of carbonyl (C=O) groups excluding carboxylic acids is 2. The Hall–Kier alpha value is -1.10. The standard InChI is InChI=1S/C20H38O4Si/c1-13-15(23-16(21)14(2)3)17(22)24-25(18(4,5)6,19(7,8)9)20(10,11)12/h15H,2,13H2,1,3-12H3. The molecule has 0 heterocycles. The molecule has 0 bridgehead atoms. The van der Waals surface area contributed by atoms with E-state index in [9.17, 15) is 9.59 Å². The van der Waals surface area contributed by atoms with Gasteiger partial charge in [-0.1, -0.05) is 75.8 Å². The summed E-state index contributed by atoms with van der Waals surface area (Å²) < 4.78 is 11.7. The number of ether oxygens (including phenoxy) is 1. The molecule has 0 aliphatic heterocycles. The Morgan fingerprint density at radius 3 is 1.52 bits per heavy atom. The summed E-state index contributed by atoms with van der Waals surface area (Å²) in [5.41, 5.74) is 0.275. The molecule has 0 aromatic rings. The maximum Gasteiger partial charge on any atom is 0.334 e. The first-order valence-electron chi connectivity index (χ1n) is 9.01. The molecule has 4 nitrogen and oxygen atoms in total. The summed E-state index contributed by atoms with van der Waals surface area (Å²) in [6.45, 7) is 26.2. The van der Waals surface area contributed by atoms with Gasteiger partial charge in [0.2, 0.25) is 0 Å². The normalized spacial score (nSPS) is 14.7. The van der Waals surface area contributed by atoms with Gasteiger partial charge in [0.25, 0.3) is 8.32 Å². The van der Waals surface area contributed by atoms with E-state index in [4.69, 9.17) is 9.16 Å². The molecular weight excluding hydrogens is 332 g/mol. The third-order valence-electron chi connectivity index (χ3n) is 4.65. The van der Waals surface area contributed by atoms with E-state index < -0.39 is 26.4 Å². The maximum absolute atomic E-state index is 13.0. The van der Waals surface area contributed by atoms with Crippen LogP contribution in [-0.4, -0.2) is 26.4 Å². The third kappa shape index (κ3) is 4.96. The summed E-state index contributed by atoms with van der Waals surface area (Å²) >= 11 is 0. The minimum Gasteiger partial charge on any atom is -0.515 e. The number of rotatable bonds is 5. The van der Waals surface area contributed by atoms with Crippen LogP contribution in [0.15, 0.2) is 12.2 Å². The molecule has 0 fully saturated rings. The van der Waals surface area contributed by atoms with Gasteiger partial charge in [-0.3, -0.25) is 0 Å². The van der Waals surface area contributed by atoms with Crippen molar-refractivity contribution >= 4 is 20.3 Å². The molecule has 0 N–H and O–H groups in total. The van der Waals surface area contributed by atoms with Gasteiger partial charge in [0.15, 0.2) is 6.10 Å². The first kappa shape index (κ1) is 23.9. The lowest BCUT2D eigenvalue weighted by atomic mass is 10.2. The number of hydrogen-bond acceptors (Lipinski definition) is 4. The lowest BCUT2D eigenvalue weighted by molar-refractivity contribution is -0.160. The fourth-order valence-corrected chi connectivity index (χ4v) is 12.7. The van der Waals surface area contributed by atoms with Crippen molar-refractivity contribution in [2.45, 2.75) is 104 Å². The molecule has 25 heavy (non-hydrogen) atoms. The van der Waals surface area contributed by atoms with E-state index in [2.05, 4.69) is 68.9 Å². The van der Waals surface area contributed by atoms with E-state index >= 15 is 0 Å². The molecule has 0 rings (SSSR count). The highest BCUT2D eigenvalue weighted by Gasteiger charge is 2.64. The quantitative estimate of drug-likeness (QED) is 0.350. The Labute approximate surface area is 155 Å². The van der Waals surface area contributed by atoms with Crippen molar-refractivity contribution < 1.29 is 18.8 Å². The minimum absolute atomic E-state index is 0.185. The summed E-state index contributed by atoms with van der Waals surface area (Å²) in [6, 6.07) is 0. The SMILES string of the molecule is C=C(C)C(=O)OC(CC)C(=O)O[Si](C(C)(C)C)(C(C)(C)C)C(C)(C)C. The Balaban J connectivity index is 6.00. The molecule has 0 saturated carbocycles. The number of carbonyl (C=O) groups is 2. The predicted molar refractivity (Wildman–Crippen MR) is 106 cm³/mol. The first-order chi connectivity index (χ1) is 10.9. The molecule has 0 aliphatic rings. The molecule has 0 spiro atoms. The molecular formula is C20H38O4Si. The Morgan fingerprint density at radius 2 is 1.28 bits per heavy atom. The summed E-state index contributed by atoms with van der Waals surface area (Å²) in [6.07, 6.45) is -0.524. The molecule has 0 amide bonds. The summed E-state index contributed by atoms with van der Waals surface area (Å²) in [5.74, 6) is -0.998. The van der Waals surface area contributed by atoms with Crippen LogP contribution >= 0.6 is 0 Å². The van der Waals surface area contributed by atoms with Gasteiger partial charge in [-0.25, -0.2) is 9.59 Å². The number of hydrogen-bond donors (Lipinski definition) is 0. The van der Waals surface area contributed by atoms with Gasteiger partial charge in [-0.15, -0.1) is 0 Å². The smallest absolute Gasteiger partial charge is 0.334 e. The van der Waals surface area contributed by atoms with E-state index in [1.165, 1.54) is 0 Å². The maximum atomic E-state index is 13.0. The molecule has 0 aromatic heterocycles. The van der Waals surface area contributed by atoms with Crippen molar-refractivity contribution in [2.24, 2.45) is 0 Å². The minimum atomic E-state index is -2.68. The van der Waals surface area contributed by atoms with Crippen LogP contribution in [0.1, 0.15) is 82.6 Å². The zero-order chi connectivity index (χ0) is 20.4. The topological polar surface area (TPSA) is 52.6 Å². The van der Waals surface area contributed by atoms with Crippen LogP contribution in [0.5, 0.6) is 0 Å². The van der Waals surface area contributed by atoms with Crippen molar-refractivity contribution in [2.75, 3.05) is 0 Å². The van der Waals surface area contributed by atoms with Crippen molar-refractivity contribution in [3.63, 3.8) is 0 Å². The predicted octanol–water partition coefficient (Wildman–Crippen LogP) is 5.77. The molecule has 146 valence electrons. The van der Waals surface area contributed by atoms with Gasteiger partial charge in [0, 0.05) is 5.57 Å². The average Bonchev–Trinajstić information content (AvgIpc) is 2.36. The van der Waals surface area contributed by atoms with Crippen LogP contribution in [0.25, 0.3) is 0 Å². The largest absolute Gasteiger partial charge is 0.515 e. The summed E-state index contributed by atoms with van der Waals surface area (Å²) in [5, 5.41) is -0.554. The zero-order valence-corrected chi connectivity index (χ0v) is 19.1. The van der Waals surface area contributed by atoms with E-state index in [0.717, 1.165) is 0 Å². The summed E-state index contributed by atoms with van der Waals surface area (Å²) in [7, 11) is -2.68. The third-order valence-corrected chi connectivity index (χ3v) is 11.5. The highest BCUT2D eigenvalue weighted by molar-refractivity contribution is 6.83. The van der Waals surface area contributed by atoms with Crippen molar-refractivity contribution in [1.29, 1.82) is 0 Å². The van der Waals surface area contributed by atoms with E-state index in [1.807, 2.05) is 6.92 Å². The van der Waals surface area contributed by atoms with Gasteiger partial charge < -0.3 is 9.16 Å². The van der Waals surface area contributed by atoms with Crippen LogP contribution in [-0.2, 0) is 18.8 Å².